The van der Waals surface area contributed by atoms with Crippen LogP contribution in [0, 0.1) is 0 Å². The minimum atomic E-state index is -3.21. The number of benzene rings is 1. The predicted octanol–water partition coefficient (Wildman–Crippen LogP) is 2.73. The highest BCUT2D eigenvalue weighted by Gasteiger charge is 2.30. The lowest BCUT2D eigenvalue weighted by atomic mass is 10.1. The normalized spacial score (nSPS) is 17.8. The van der Waals surface area contributed by atoms with Crippen molar-refractivity contribution in [3.05, 3.63) is 24.3 Å². The van der Waals surface area contributed by atoms with Gasteiger partial charge in [0.1, 0.15) is 5.75 Å². The fourth-order valence-electron chi connectivity index (χ4n) is 2.55. The van der Waals surface area contributed by atoms with Gasteiger partial charge in [0.25, 0.3) is 0 Å². The Hall–Kier alpha value is -1.07. The SMILES string of the molecule is CCCCOc1ccc(S(=O)(=O)C2CCN(C)CC2)cc1. The molecule has 21 heavy (non-hydrogen) atoms. The van der Waals surface area contributed by atoms with Crippen LogP contribution in [0.2, 0.25) is 0 Å². The molecule has 2 rings (SSSR count). The lowest BCUT2D eigenvalue weighted by molar-refractivity contribution is 0.277. The topological polar surface area (TPSA) is 46.6 Å². The van der Waals surface area contributed by atoms with E-state index in [9.17, 15) is 8.42 Å². The van der Waals surface area contributed by atoms with Crippen LogP contribution in [0.5, 0.6) is 5.75 Å². The Bertz CT molecular complexity index is 531. The van der Waals surface area contributed by atoms with Crippen LogP contribution in [0.15, 0.2) is 29.2 Å². The van der Waals surface area contributed by atoms with E-state index in [0.29, 0.717) is 24.3 Å². The van der Waals surface area contributed by atoms with Gasteiger partial charge in [0.2, 0.25) is 0 Å². The first-order valence-electron chi connectivity index (χ1n) is 7.69. The fraction of sp³-hybridized carbons (Fsp3) is 0.625. The van der Waals surface area contributed by atoms with Crippen LogP contribution in [0.3, 0.4) is 0 Å². The third kappa shape index (κ3) is 4.20. The van der Waals surface area contributed by atoms with E-state index in [1.165, 1.54) is 0 Å². The number of sulfone groups is 1. The van der Waals surface area contributed by atoms with Crippen molar-refractivity contribution in [2.75, 3.05) is 26.7 Å². The van der Waals surface area contributed by atoms with E-state index in [4.69, 9.17) is 4.74 Å². The van der Waals surface area contributed by atoms with E-state index in [0.717, 1.165) is 31.7 Å². The summed E-state index contributed by atoms with van der Waals surface area (Å²) in [6, 6.07) is 6.87. The molecule has 0 bridgehead atoms. The molecule has 1 aromatic carbocycles. The molecule has 118 valence electrons. The molecule has 1 aliphatic rings. The first-order valence-corrected chi connectivity index (χ1v) is 9.24. The van der Waals surface area contributed by atoms with Gasteiger partial charge in [0.15, 0.2) is 9.84 Å². The summed E-state index contributed by atoms with van der Waals surface area (Å²) in [7, 11) is -1.18. The van der Waals surface area contributed by atoms with Gasteiger partial charge in [-0.1, -0.05) is 13.3 Å². The molecular weight excluding hydrogens is 286 g/mol. The van der Waals surface area contributed by atoms with Gasteiger partial charge in [-0.3, -0.25) is 0 Å². The molecule has 1 saturated heterocycles. The summed E-state index contributed by atoms with van der Waals surface area (Å²) < 4.78 is 30.8. The molecule has 1 heterocycles. The highest BCUT2D eigenvalue weighted by molar-refractivity contribution is 7.92. The molecule has 0 amide bonds. The molecule has 0 radical (unpaired) electrons. The van der Waals surface area contributed by atoms with Gasteiger partial charge >= 0.3 is 0 Å². The molecular formula is C16H25NO3S. The molecule has 1 aromatic rings. The zero-order chi connectivity index (χ0) is 15.3. The van der Waals surface area contributed by atoms with Gasteiger partial charge in [-0.15, -0.1) is 0 Å². The molecule has 1 aliphatic heterocycles. The standard InChI is InChI=1S/C16H25NO3S/c1-3-4-13-20-14-5-7-15(8-6-14)21(18,19)16-9-11-17(2)12-10-16/h5-8,16H,3-4,9-13H2,1-2H3. The second-order valence-electron chi connectivity index (χ2n) is 5.72. The Morgan fingerprint density at radius 1 is 1.19 bits per heavy atom. The number of hydrogen-bond donors (Lipinski definition) is 0. The van der Waals surface area contributed by atoms with Crippen LogP contribution in [0.4, 0.5) is 0 Å². The fourth-order valence-corrected chi connectivity index (χ4v) is 4.28. The van der Waals surface area contributed by atoms with E-state index < -0.39 is 9.84 Å². The zero-order valence-electron chi connectivity index (χ0n) is 12.9. The van der Waals surface area contributed by atoms with Crippen LogP contribution in [0.25, 0.3) is 0 Å². The predicted molar refractivity (Wildman–Crippen MR) is 84.5 cm³/mol. The van der Waals surface area contributed by atoms with Crippen LogP contribution in [0.1, 0.15) is 32.6 Å². The van der Waals surface area contributed by atoms with Crippen molar-refractivity contribution in [2.45, 2.75) is 42.8 Å². The number of piperidine rings is 1. The first kappa shape index (κ1) is 16.3. The van der Waals surface area contributed by atoms with Gasteiger partial charge in [-0.25, -0.2) is 8.42 Å². The molecule has 0 atom stereocenters. The number of ether oxygens (including phenoxy) is 1. The molecule has 0 unspecified atom stereocenters. The number of rotatable bonds is 6. The third-order valence-electron chi connectivity index (χ3n) is 4.02. The van der Waals surface area contributed by atoms with Crippen molar-refractivity contribution in [3.8, 4) is 5.75 Å². The number of likely N-dealkylation sites (tertiary alicyclic amines) is 1. The van der Waals surface area contributed by atoms with E-state index in [1.807, 2.05) is 7.05 Å². The zero-order valence-corrected chi connectivity index (χ0v) is 13.7. The summed E-state index contributed by atoms with van der Waals surface area (Å²) in [5.74, 6) is 0.741. The van der Waals surface area contributed by atoms with Crippen LogP contribution in [-0.4, -0.2) is 45.3 Å². The Kier molecular flexibility index (Phi) is 5.65. The third-order valence-corrected chi connectivity index (χ3v) is 6.30. The van der Waals surface area contributed by atoms with Gasteiger partial charge in [-0.05, 0) is 63.7 Å². The molecule has 0 aromatic heterocycles. The molecule has 0 saturated carbocycles. The highest BCUT2D eigenvalue weighted by atomic mass is 32.2. The van der Waals surface area contributed by atoms with Gasteiger partial charge in [0, 0.05) is 0 Å². The summed E-state index contributed by atoms with van der Waals surface area (Å²) in [6.07, 6.45) is 3.53. The van der Waals surface area contributed by atoms with Crippen LogP contribution >= 0.6 is 0 Å². The van der Waals surface area contributed by atoms with E-state index in [1.54, 1.807) is 24.3 Å². The van der Waals surface area contributed by atoms with Crippen molar-refractivity contribution in [1.29, 1.82) is 0 Å². The van der Waals surface area contributed by atoms with Crippen molar-refractivity contribution >= 4 is 9.84 Å². The maximum Gasteiger partial charge on any atom is 0.181 e. The summed E-state index contributed by atoms with van der Waals surface area (Å²) in [5.41, 5.74) is 0. The van der Waals surface area contributed by atoms with E-state index in [-0.39, 0.29) is 5.25 Å². The largest absolute Gasteiger partial charge is 0.494 e. The lowest BCUT2D eigenvalue weighted by Gasteiger charge is -2.28. The number of unbranched alkanes of at least 4 members (excludes halogenated alkanes) is 1. The van der Waals surface area contributed by atoms with Crippen molar-refractivity contribution < 1.29 is 13.2 Å². The van der Waals surface area contributed by atoms with Gasteiger partial charge in [-0.2, -0.15) is 0 Å². The summed E-state index contributed by atoms with van der Waals surface area (Å²) in [5, 5.41) is -0.249. The molecule has 0 spiro atoms. The molecule has 5 heteroatoms. The summed E-state index contributed by atoms with van der Waals surface area (Å²) >= 11 is 0. The van der Waals surface area contributed by atoms with Crippen molar-refractivity contribution in [3.63, 3.8) is 0 Å². The van der Waals surface area contributed by atoms with Crippen LogP contribution < -0.4 is 4.74 Å². The van der Waals surface area contributed by atoms with Gasteiger partial charge < -0.3 is 9.64 Å². The van der Waals surface area contributed by atoms with Crippen molar-refractivity contribution in [1.82, 2.24) is 4.90 Å². The second kappa shape index (κ2) is 7.27. The monoisotopic (exact) mass is 311 g/mol. The van der Waals surface area contributed by atoms with Crippen LogP contribution in [-0.2, 0) is 9.84 Å². The average molecular weight is 311 g/mol. The quantitative estimate of drug-likeness (QED) is 0.758. The Morgan fingerprint density at radius 2 is 1.81 bits per heavy atom. The smallest absolute Gasteiger partial charge is 0.181 e. The van der Waals surface area contributed by atoms with Crippen molar-refractivity contribution in [2.24, 2.45) is 0 Å². The Labute approximate surface area is 128 Å². The number of nitrogens with zero attached hydrogens (tertiary/aromatic N) is 1. The second-order valence-corrected chi connectivity index (χ2v) is 7.95. The lowest BCUT2D eigenvalue weighted by Crippen LogP contribution is -2.37. The average Bonchev–Trinajstić information content (AvgIpc) is 2.48. The van der Waals surface area contributed by atoms with Gasteiger partial charge in [0.05, 0.1) is 16.8 Å². The maximum atomic E-state index is 12.6. The van der Waals surface area contributed by atoms with E-state index in [2.05, 4.69) is 11.8 Å². The summed E-state index contributed by atoms with van der Waals surface area (Å²) in [4.78, 5) is 2.59. The summed E-state index contributed by atoms with van der Waals surface area (Å²) in [6.45, 7) is 4.49. The molecule has 4 nitrogen and oxygen atoms in total. The number of hydrogen-bond acceptors (Lipinski definition) is 4. The minimum absolute atomic E-state index is 0.249. The molecule has 0 N–H and O–H groups in total. The molecule has 0 aliphatic carbocycles. The Morgan fingerprint density at radius 3 is 2.38 bits per heavy atom. The highest BCUT2D eigenvalue weighted by Crippen LogP contribution is 2.25. The van der Waals surface area contributed by atoms with E-state index >= 15 is 0 Å². The maximum absolute atomic E-state index is 12.6. The minimum Gasteiger partial charge on any atom is -0.494 e. The first-order chi connectivity index (χ1) is 10.0. The molecule has 1 fully saturated rings. The Balaban J connectivity index is 2.03.